The van der Waals surface area contributed by atoms with Crippen molar-refractivity contribution in [2.24, 2.45) is 0 Å². The maximum Gasteiger partial charge on any atom is 0.341 e. The molecule has 1 N–H and O–H groups in total. The maximum absolute atomic E-state index is 10.7. The van der Waals surface area contributed by atoms with Crippen molar-refractivity contribution in [1.82, 2.24) is 4.98 Å². The summed E-state index contributed by atoms with van der Waals surface area (Å²) in [5, 5.41) is 9.84. The number of carboxylic acids is 1. The Bertz CT molecular complexity index is 1330. The molecule has 4 rings (SSSR count). The van der Waals surface area contributed by atoms with E-state index in [-0.39, 0.29) is 6.61 Å². The summed E-state index contributed by atoms with van der Waals surface area (Å²) in [5.41, 5.74) is 6.92. The van der Waals surface area contributed by atoms with Crippen LogP contribution in [0.4, 0.5) is 0 Å². The lowest BCUT2D eigenvalue weighted by molar-refractivity contribution is -0.139. The van der Waals surface area contributed by atoms with Crippen LogP contribution in [0.1, 0.15) is 41.5 Å². The zero-order valence-electron chi connectivity index (χ0n) is 20.4. The predicted octanol–water partition coefficient (Wildman–Crippen LogP) is 7.97. The van der Waals surface area contributed by atoms with Crippen molar-refractivity contribution in [3.8, 4) is 27.4 Å². The minimum Gasteiger partial charge on any atom is -0.482 e. The van der Waals surface area contributed by atoms with Gasteiger partial charge in [0.15, 0.2) is 6.61 Å². The summed E-state index contributed by atoms with van der Waals surface area (Å²) in [6.45, 7) is 8.10. The van der Waals surface area contributed by atoms with E-state index >= 15 is 0 Å². The van der Waals surface area contributed by atoms with Crippen LogP contribution in [0, 0.1) is 13.8 Å². The molecule has 0 spiro atoms. The molecule has 0 unspecified atom stereocenters. The summed E-state index contributed by atoms with van der Waals surface area (Å²) in [6, 6.07) is 23.3. The molecule has 0 aliphatic heterocycles. The number of aromatic nitrogens is 1. The van der Waals surface area contributed by atoms with Crippen molar-refractivity contribution in [3.05, 3.63) is 88.4 Å². The average molecular weight is 504 g/mol. The fourth-order valence-corrected chi connectivity index (χ4v) is 5.94. The molecule has 0 amide bonds. The third-order valence-corrected chi connectivity index (χ3v) is 8.19. The molecular formula is C29H29NO3S2. The third-order valence-electron chi connectivity index (χ3n) is 5.78. The maximum atomic E-state index is 10.7. The number of aryl methyl sites for hydroxylation is 2. The zero-order chi connectivity index (χ0) is 24.9. The van der Waals surface area contributed by atoms with E-state index in [0.29, 0.717) is 11.7 Å². The molecule has 4 nitrogen and oxygen atoms in total. The molecule has 0 aliphatic rings. The van der Waals surface area contributed by atoms with Gasteiger partial charge in [0.2, 0.25) is 0 Å². The first kappa shape index (κ1) is 25.0. The first-order chi connectivity index (χ1) is 16.8. The van der Waals surface area contributed by atoms with Gasteiger partial charge in [-0.25, -0.2) is 9.78 Å². The topological polar surface area (TPSA) is 59.4 Å². The molecule has 0 saturated heterocycles. The van der Waals surface area contributed by atoms with Crippen LogP contribution in [0.5, 0.6) is 5.75 Å². The van der Waals surface area contributed by atoms with Gasteiger partial charge < -0.3 is 9.84 Å². The Kier molecular flexibility index (Phi) is 7.93. The first-order valence-corrected chi connectivity index (χ1v) is 13.4. The van der Waals surface area contributed by atoms with Gasteiger partial charge in [-0.15, -0.1) is 23.1 Å². The number of benzene rings is 3. The fourth-order valence-electron chi connectivity index (χ4n) is 3.73. The average Bonchev–Trinajstić information content (AvgIpc) is 3.22. The van der Waals surface area contributed by atoms with Crippen molar-refractivity contribution in [2.45, 2.75) is 44.3 Å². The normalized spacial score (nSPS) is 11.1. The lowest BCUT2D eigenvalue weighted by atomic mass is 9.97. The second-order valence-corrected chi connectivity index (χ2v) is 10.9. The Balaban J connectivity index is 1.44. The summed E-state index contributed by atoms with van der Waals surface area (Å²) in [5.74, 6) is 0.968. The minimum atomic E-state index is -0.978. The SMILES string of the molecule is Cc1cc(SCc2sc(-c3ccc(-c4cccc(C(C)C)c4)cc3)nc2C)ccc1OCC(=O)O. The van der Waals surface area contributed by atoms with Crippen LogP contribution in [-0.2, 0) is 10.5 Å². The lowest BCUT2D eigenvalue weighted by Gasteiger charge is -2.09. The highest BCUT2D eigenvalue weighted by molar-refractivity contribution is 7.98. The Morgan fingerprint density at radius 3 is 2.43 bits per heavy atom. The van der Waals surface area contributed by atoms with E-state index < -0.39 is 5.97 Å². The van der Waals surface area contributed by atoms with Crippen LogP contribution in [0.2, 0.25) is 0 Å². The molecular weight excluding hydrogens is 474 g/mol. The second-order valence-electron chi connectivity index (χ2n) is 8.78. The summed E-state index contributed by atoms with van der Waals surface area (Å²) in [7, 11) is 0. The Hall–Kier alpha value is -3.09. The number of carbonyl (C=O) groups is 1. The van der Waals surface area contributed by atoms with Gasteiger partial charge in [0.25, 0.3) is 0 Å². The number of hydrogen-bond acceptors (Lipinski definition) is 5. The number of thiazole rings is 1. The molecule has 0 atom stereocenters. The van der Waals surface area contributed by atoms with Gasteiger partial charge in [0, 0.05) is 21.1 Å². The predicted molar refractivity (Wildman–Crippen MR) is 146 cm³/mol. The van der Waals surface area contributed by atoms with Crippen molar-refractivity contribution >= 4 is 29.1 Å². The van der Waals surface area contributed by atoms with E-state index in [9.17, 15) is 4.79 Å². The van der Waals surface area contributed by atoms with Gasteiger partial charge in [0.05, 0.1) is 5.69 Å². The molecule has 0 saturated carbocycles. The molecule has 1 aromatic heterocycles. The van der Waals surface area contributed by atoms with E-state index in [0.717, 1.165) is 32.5 Å². The van der Waals surface area contributed by atoms with Crippen molar-refractivity contribution < 1.29 is 14.6 Å². The second kappa shape index (κ2) is 11.1. The van der Waals surface area contributed by atoms with Crippen LogP contribution in [0.3, 0.4) is 0 Å². The summed E-state index contributed by atoms with van der Waals surface area (Å²) in [4.78, 5) is 17.9. The minimum absolute atomic E-state index is 0.332. The zero-order valence-corrected chi connectivity index (χ0v) is 22.0. The smallest absolute Gasteiger partial charge is 0.341 e. The van der Waals surface area contributed by atoms with Gasteiger partial charge >= 0.3 is 5.97 Å². The van der Waals surface area contributed by atoms with Crippen molar-refractivity contribution in [3.63, 3.8) is 0 Å². The summed E-state index contributed by atoms with van der Waals surface area (Å²) >= 11 is 3.48. The van der Waals surface area contributed by atoms with Crippen LogP contribution in [0.25, 0.3) is 21.7 Å². The van der Waals surface area contributed by atoms with E-state index in [1.54, 1.807) is 23.1 Å². The van der Waals surface area contributed by atoms with Crippen LogP contribution in [-0.4, -0.2) is 22.7 Å². The number of rotatable bonds is 9. The van der Waals surface area contributed by atoms with Gasteiger partial charge in [-0.05, 0) is 60.2 Å². The number of hydrogen-bond donors (Lipinski definition) is 1. The molecule has 0 aliphatic carbocycles. The Morgan fingerprint density at radius 1 is 1.00 bits per heavy atom. The van der Waals surface area contributed by atoms with E-state index in [2.05, 4.69) is 69.3 Å². The molecule has 3 aromatic carbocycles. The number of aliphatic carboxylic acids is 1. The van der Waals surface area contributed by atoms with Crippen LogP contribution < -0.4 is 4.74 Å². The summed E-state index contributed by atoms with van der Waals surface area (Å²) < 4.78 is 5.32. The lowest BCUT2D eigenvalue weighted by Crippen LogP contribution is -2.09. The molecule has 1 heterocycles. The Labute approximate surface area is 215 Å². The van der Waals surface area contributed by atoms with E-state index in [4.69, 9.17) is 14.8 Å². The number of thioether (sulfide) groups is 1. The molecule has 0 fully saturated rings. The van der Waals surface area contributed by atoms with Gasteiger partial charge in [-0.3, -0.25) is 0 Å². The first-order valence-electron chi connectivity index (χ1n) is 11.6. The quantitative estimate of drug-likeness (QED) is 0.235. The fraction of sp³-hybridized carbons (Fsp3) is 0.241. The molecule has 4 aromatic rings. The number of ether oxygens (including phenoxy) is 1. The molecule has 6 heteroatoms. The largest absolute Gasteiger partial charge is 0.482 e. The number of nitrogens with zero attached hydrogens (tertiary/aromatic N) is 1. The van der Waals surface area contributed by atoms with Crippen molar-refractivity contribution in [1.29, 1.82) is 0 Å². The standard InChI is InChI=1S/C29H29NO3S2/c1-18(2)23-6-5-7-24(15-23)21-8-10-22(11-9-21)29-30-20(4)27(35-29)17-34-25-12-13-26(19(3)14-25)33-16-28(31)32/h5-15,18H,16-17H2,1-4H3,(H,31,32). The van der Waals surface area contributed by atoms with Crippen molar-refractivity contribution in [2.75, 3.05) is 6.61 Å². The molecule has 180 valence electrons. The van der Waals surface area contributed by atoms with E-state index in [1.165, 1.54) is 21.6 Å². The third kappa shape index (κ3) is 6.32. The van der Waals surface area contributed by atoms with Gasteiger partial charge in [-0.2, -0.15) is 0 Å². The number of carboxylic acid groups (broad SMARTS) is 1. The highest BCUT2D eigenvalue weighted by Crippen LogP contribution is 2.35. The van der Waals surface area contributed by atoms with E-state index in [1.807, 2.05) is 25.1 Å². The highest BCUT2D eigenvalue weighted by Gasteiger charge is 2.12. The summed E-state index contributed by atoms with van der Waals surface area (Å²) in [6.07, 6.45) is 0. The monoisotopic (exact) mass is 503 g/mol. The molecule has 0 radical (unpaired) electrons. The van der Waals surface area contributed by atoms with Gasteiger partial charge in [0.1, 0.15) is 10.8 Å². The molecule has 35 heavy (non-hydrogen) atoms. The van der Waals surface area contributed by atoms with Crippen LogP contribution >= 0.6 is 23.1 Å². The van der Waals surface area contributed by atoms with Crippen LogP contribution in [0.15, 0.2) is 71.6 Å². The Morgan fingerprint density at radius 2 is 1.74 bits per heavy atom. The molecule has 0 bridgehead atoms. The highest BCUT2D eigenvalue weighted by atomic mass is 32.2. The van der Waals surface area contributed by atoms with Gasteiger partial charge in [-0.1, -0.05) is 62.4 Å².